The first-order chi connectivity index (χ1) is 10.6. The molecule has 1 atom stereocenters. The maximum atomic E-state index is 12.4. The lowest BCUT2D eigenvalue weighted by molar-refractivity contribution is -0.141. The zero-order valence-electron chi connectivity index (χ0n) is 13.0. The minimum Gasteiger partial charge on any atom is -0.484 e. The van der Waals surface area contributed by atoms with Crippen LogP contribution in [0.3, 0.4) is 0 Å². The van der Waals surface area contributed by atoms with Gasteiger partial charge in [0.1, 0.15) is 5.75 Å². The number of likely N-dealkylation sites (tertiary alicyclic amines) is 1. The Morgan fingerprint density at radius 3 is 2.91 bits per heavy atom. The van der Waals surface area contributed by atoms with Gasteiger partial charge in [0.25, 0.3) is 5.91 Å². The van der Waals surface area contributed by atoms with Gasteiger partial charge in [0.05, 0.1) is 0 Å². The third-order valence-electron chi connectivity index (χ3n) is 3.99. The van der Waals surface area contributed by atoms with E-state index >= 15 is 0 Å². The van der Waals surface area contributed by atoms with E-state index in [1.165, 1.54) is 0 Å². The average molecular weight is 305 g/mol. The number of aryl methyl sites for hydroxylation is 1. The van der Waals surface area contributed by atoms with E-state index in [9.17, 15) is 9.59 Å². The summed E-state index contributed by atoms with van der Waals surface area (Å²) < 4.78 is 5.57. The van der Waals surface area contributed by atoms with Crippen LogP contribution in [0.5, 0.6) is 5.75 Å². The molecule has 1 aromatic rings. The summed E-state index contributed by atoms with van der Waals surface area (Å²) in [7, 11) is 0. The van der Waals surface area contributed by atoms with E-state index in [0.29, 0.717) is 18.7 Å². The summed E-state index contributed by atoms with van der Waals surface area (Å²) in [5.41, 5.74) is 1.09. The van der Waals surface area contributed by atoms with Gasteiger partial charge in [-0.25, -0.2) is 0 Å². The molecule has 5 heteroatoms. The largest absolute Gasteiger partial charge is 0.484 e. The van der Waals surface area contributed by atoms with Gasteiger partial charge in [-0.05, 0) is 50.3 Å². The zero-order chi connectivity index (χ0) is 15.9. The highest BCUT2D eigenvalue weighted by molar-refractivity contribution is 5.78. The number of ether oxygens (including phenoxy) is 1. The minimum absolute atomic E-state index is 0.00697. The van der Waals surface area contributed by atoms with E-state index in [1.54, 1.807) is 4.90 Å². The van der Waals surface area contributed by atoms with Crippen LogP contribution in [-0.4, -0.2) is 41.1 Å². The molecule has 120 valence electrons. The molecule has 0 aromatic heterocycles. The van der Waals surface area contributed by atoms with Crippen LogP contribution in [0.15, 0.2) is 24.3 Å². The molecule has 1 unspecified atom stereocenters. The zero-order valence-corrected chi connectivity index (χ0v) is 13.0. The molecule has 1 aliphatic heterocycles. The average Bonchev–Trinajstić information content (AvgIpc) is 2.51. The monoisotopic (exact) mass is 305 g/mol. The lowest BCUT2D eigenvalue weighted by Crippen LogP contribution is -2.46. The van der Waals surface area contributed by atoms with Gasteiger partial charge < -0.3 is 14.7 Å². The molecule has 0 radical (unpaired) electrons. The third kappa shape index (κ3) is 4.76. The van der Waals surface area contributed by atoms with Crippen LogP contribution >= 0.6 is 0 Å². The van der Waals surface area contributed by atoms with E-state index in [2.05, 4.69) is 0 Å². The van der Waals surface area contributed by atoms with Gasteiger partial charge in [0.2, 0.25) is 0 Å². The Bertz CT molecular complexity index is 529. The summed E-state index contributed by atoms with van der Waals surface area (Å²) in [5.74, 6) is -0.182. The van der Waals surface area contributed by atoms with Crippen molar-refractivity contribution in [3.05, 3.63) is 29.8 Å². The second-order valence-electron chi connectivity index (χ2n) is 5.77. The summed E-state index contributed by atoms with van der Waals surface area (Å²) in [6.07, 6.45) is 3.52. The second kappa shape index (κ2) is 7.82. The number of carboxylic acid groups (broad SMARTS) is 1. The van der Waals surface area contributed by atoms with Crippen molar-refractivity contribution in [1.82, 2.24) is 4.90 Å². The Labute approximate surface area is 130 Å². The summed E-state index contributed by atoms with van der Waals surface area (Å²) in [5, 5.41) is 8.82. The SMILES string of the molecule is Cc1cccc(OCC(=O)N2CCCCC2CCC(=O)O)c1. The van der Waals surface area contributed by atoms with Crippen LogP contribution in [-0.2, 0) is 9.59 Å². The molecule has 5 nitrogen and oxygen atoms in total. The molecule has 1 fully saturated rings. The lowest BCUT2D eigenvalue weighted by atomic mass is 9.98. The molecule has 1 aromatic carbocycles. The summed E-state index contributed by atoms with van der Waals surface area (Å²) in [6.45, 7) is 2.68. The van der Waals surface area contributed by atoms with Crippen LogP contribution < -0.4 is 4.74 Å². The van der Waals surface area contributed by atoms with Crippen molar-refractivity contribution < 1.29 is 19.4 Å². The topological polar surface area (TPSA) is 66.8 Å². The Balaban J connectivity index is 1.89. The number of carboxylic acids is 1. The smallest absolute Gasteiger partial charge is 0.303 e. The normalized spacial score (nSPS) is 18.0. The number of hydrogen-bond donors (Lipinski definition) is 1. The van der Waals surface area contributed by atoms with Gasteiger partial charge in [0.15, 0.2) is 6.61 Å². The quantitative estimate of drug-likeness (QED) is 0.877. The third-order valence-corrected chi connectivity index (χ3v) is 3.99. The number of rotatable bonds is 6. The van der Waals surface area contributed by atoms with Crippen molar-refractivity contribution in [2.24, 2.45) is 0 Å². The van der Waals surface area contributed by atoms with Gasteiger partial charge in [-0.1, -0.05) is 12.1 Å². The molecule has 1 amide bonds. The molecule has 22 heavy (non-hydrogen) atoms. The standard InChI is InChI=1S/C17H23NO4/c1-13-5-4-7-15(11-13)22-12-16(19)18-10-3-2-6-14(18)8-9-17(20)21/h4-5,7,11,14H,2-3,6,8-10,12H2,1H3,(H,20,21). The number of benzene rings is 1. The number of amides is 1. The van der Waals surface area contributed by atoms with Gasteiger partial charge in [-0.15, -0.1) is 0 Å². The summed E-state index contributed by atoms with van der Waals surface area (Å²) >= 11 is 0. The fraction of sp³-hybridized carbons (Fsp3) is 0.529. The lowest BCUT2D eigenvalue weighted by Gasteiger charge is -2.35. The number of aliphatic carboxylic acids is 1. The van der Waals surface area contributed by atoms with Crippen molar-refractivity contribution in [2.75, 3.05) is 13.2 Å². The number of carbonyl (C=O) groups is 2. The predicted octanol–water partition coefficient (Wildman–Crippen LogP) is 2.62. The van der Waals surface area contributed by atoms with Crippen molar-refractivity contribution in [1.29, 1.82) is 0 Å². The number of nitrogens with zero attached hydrogens (tertiary/aromatic N) is 1. The molecule has 0 bridgehead atoms. The second-order valence-corrected chi connectivity index (χ2v) is 5.77. The molecule has 0 aliphatic carbocycles. The van der Waals surface area contributed by atoms with E-state index in [4.69, 9.17) is 9.84 Å². The molecular weight excluding hydrogens is 282 g/mol. The van der Waals surface area contributed by atoms with Gasteiger partial charge in [-0.2, -0.15) is 0 Å². The number of piperidine rings is 1. The van der Waals surface area contributed by atoms with Crippen molar-refractivity contribution in [3.8, 4) is 5.75 Å². The Morgan fingerprint density at radius 2 is 2.18 bits per heavy atom. The van der Waals surface area contributed by atoms with E-state index in [1.807, 2.05) is 31.2 Å². The molecular formula is C17H23NO4. The number of hydrogen-bond acceptors (Lipinski definition) is 3. The predicted molar refractivity (Wildman–Crippen MR) is 82.9 cm³/mol. The molecule has 1 N–H and O–H groups in total. The molecule has 1 heterocycles. The van der Waals surface area contributed by atoms with Crippen molar-refractivity contribution in [2.45, 2.75) is 45.1 Å². The van der Waals surface area contributed by atoms with Crippen LogP contribution in [0, 0.1) is 6.92 Å². The van der Waals surface area contributed by atoms with Crippen LogP contribution in [0.25, 0.3) is 0 Å². The van der Waals surface area contributed by atoms with Gasteiger partial charge in [0, 0.05) is 19.0 Å². The minimum atomic E-state index is -0.811. The van der Waals surface area contributed by atoms with Gasteiger partial charge >= 0.3 is 5.97 Å². The van der Waals surface area contributed by atoms with Crippen LogP contribution in [0.4, 0.5) is 0 Å². The fourth-order valence-corrected chi connectivity index (χ4v) is 2.85. The number of carbonyl (C=O) groups excluding carboxylic acids is 1. The van der Waals surface area contributed by atoms with Crippen LogP contribution in [0.2, 0.25) is 0 Å². The molecule has 1 saturated heterocycles. The maximum Gasteiger partial charge on any atom is 0.303 e. The molecule has 0 spiro atoms. The first-order valence-electron chi connectivity index (χ1n) is 7.77. The molecule has 1 aliphatic rings. The Morgan fingerprint density at radius 1 is 1.36 bits per heavy atom. The highest BCUT2D eigenvalue weighted by Gasteiger charge is 2.27. The first kappa shape index (κ1) is 16.3. The van der Waals surface area contributed by atoms with Crippen molar-refractivity contribution in [3.63, 3.8) is 0 Å². The van der Waals surface area contributed by atoms with E-state index in [0.717, 1.165) is 24.8 Å². The Hall–Kier alpha value is -2.04. The highest BCUT2D eigenvalue weighted by Crippen LogP contribution is 2.21. The van der Waals surface area contributed by atoms with Gasteiger partial charge in [-0.3, -0.25) is 9.59 Å². The fourth-order valence-electron chi connectivity index (χ4n) is 2.85. The van der Waals surface area contributed by atoms with E-state index in [-0.39, 0.29) is 25.0 Å². The first-order valence-corrected chi connectivity index (χ1v) is 7.77. The maximum absolute atomic E-state index is 12.4. The van der Waals surface area contributed by atoms with Crippen LogP contribution in [0.1, 0.15) is 37.7 Å². The molecule has 2 rings (SSSR count). The highest BCUT2D eigenvalue weighted by atomic mass is 16.5. The summed E-state index contributed by atoms with van der Waals surface area (Å²) in [4.78, 5) is 24.9. The van der Waals surface area contributed by atoms with Crippen molar-refractivity contribution >= 4 is 11.9 Å². The van der Waals surface area contributed by atoms with E-state index < -0.39 is 5.97 Å². The summed E-state index contributed by atoms with van der Waals surface area (Å²) in [6, 6.07) is 7.62. The molecule has 0 saturated carbocycles. The Kier molecular flexibility index (Phi) is 5.81.